The Labute approximate surface area is 518 Å². The van der Waals surface area contributed by atoms with Crippen molar-refractivity contribution in [1.29, 1.82) is 0 Å². The van der Waals surface area contributed by atoms with Gasteiger partial charge in [0.15, 0.2) is 6.10 Å². The Kier molecular flexibility index (Phi) is 63.4. The molecule has 0 aromatic rings. The minimum absolute atomic E-state index is 0.0332. The van der Waals surface area contributed by atoms with E-state index in [0.29, 0.717) is 12.8 Å². The number of phosphoric ester groups is 1. The first-order valence-corrected chi connectivity index (χ1v) is 34.1. The molecule has 3 N–H and O–H groups in total. The topological polar surface area (TPSA) is 134 Å². The van der Waals surface area contributed by atoms with Crippen molar-refractivity contribution in [3.05, 3.63) is 207 Å². The molecule has 2 unspecified atom stereocenters. The summed E-state index contributed by atoms with van der Waals surface area (Å²) in [7, 11) is -4.42. The van der Waals surface area contributed by atoms with Gasteiger partial charge < -0.3 is 20.1 Å². The van der Waals surface area contributed by atoms with Crippen LogP contribution < -0.4 is 5.73 Å². The third-order valence-corrected chi connectivity index (χ3v) is 13.6. The zero-order valence-electron chi connectivity index (χ0n) is 53.0. The fraction of sp³-hybridized carbons (Fsp3) is 0.520. The number of nitrogens with two attached hydrogens (primary N) is 1. The van der Waals surface area contributed by atoms with Crippen molar-refractivity contribution >= 4 is 19.8 Å². The summed E-state index contributed by atoms with van der Waals surface area (Å²) in [6.07, 6.45) is 105. The zero-order valence-corrected chi connectivity index (χ0v) is 53.9. The number of allylic oxidation sites excluding steroid dienone is 34. The Bertz CT molecular complexity index is 2140. The van der Waals surface area contributed by atoms with Gasteiger partial charge in [0.05, 0.1) is 13.2 Å². The number of carbonyl (C=O) groups excluding carboxylic acids is 2. The summed E-state index contributed by atoms with van der Waals surface area (Å²) in [5.41, 5.74) is 5.39. The molecular formula is C75H116NO8P. The summed E-state index contributed by atoms with van der Waals surface area (Å²) >= 11 is 0. The van der Waals surface area contributed by atoms with Gasteiger partial charge in [0.1, 0.15) is 6.61 Å². The Hall–Kier alpha value is -5.41. The van der Waals surface area contributed by atoms with Crippen LogP contribution >= 0.6 is 7.82 Å². The summed E-state index contributed by atoms with van der Waals surface area (Å²) in [5, 5.41) is 0. The average Bonchev–Trinajstić information content (AvgIpc) is 3.52. The first-order valence-electron chi connectivity index (χ1n) is 32.6. The second-order valence-electron chi connectivity index (χ2n) is 20.5. The number of esters is 2. The van der Waals surface area contributed by atoms with E-state index in [1.807, 2.05) is 0 Å². The molecule has 474 valence electrons. The lowest BCUT2D eigenvalue weighted by Crippen LogP contribution is -2.29. The smallest absolute Gasteiger partial charge is 0.462 e. The normalized spacial score (nSPS) is 14.4. The standard InChI is InChI=1S/C75H116NO8P/c1-3-5-7-9-11-13-15-17-19-21-23-25-27-29-31-33-35-36-38-40-42-44-46-48-50-52-54-56-58-60-62-64-66-68-75(78)84-73(72-83-85(79,80)82-70-69-76)71-81-74(77)67-65-63-61-59-57-55-53-51-49-47-45-43-41-39-37-34-32-30-28-26-24-22-20-18-16-14-12-10-8-6-4-2/h5-8,11-14,17-20,23-26,29-32,35-37,39-40,42-43,45-46,48,52,54,58,60,73H,3-4,9-10,15-16,21-22,27-28,33-34,38,41,44,47,49-51,53,55-57,59,61-72,76H2,1-2H3,(H,79,80)/b7-5-,8-6-,13-11-,14-12-,19-17-,20-18-,25-23-,26-24-,31-29-,32-30-,36-35-,39-37-,42-40-,45-43-,48-46-,54-52-,60-58-. The SMILES string of the molecule is CC/C=C\C/C=C\C/C=C\C/C=C\C/C=C\C/C=C\C/C=C\C/C=C\C/C=C\C/C=C\CCCCC(=O)OC(COC(=O)CCCCCCCCCCC/C=C\C/C=C\C/C=C\C/C=C\C/C=C\C/C=C\C/C=C\CC)COP(=O)(O)OCCN. The maximum absolute atomic E-state index is 12.7. The predicted octanol–water partition coefficient (Wildman–Crippen LogP) is 21.5. The van der Waals surface area contributed by atoms with Gasteiger partial charge in [-0.15, -0.1) is 0 Å². The van der Waals surface area contributed by atoms with Gasteiger partial charge in [-0.25, -0.2) is 4.57 Å². The summed E-state index contributed by atoms with van der Waals surface area (Å²) in [5.74, 6) is -0.904. The van der Waals surface area contributed by atoms with Crippen LogP contribution in [-0.2, 0) is 32.7 Å². The van der Waals surface area contributed by atoms with Crippen molar-refractivity contribution in [2.75, 3.05) is 26.4 Å². The van der Waals surface area contributed by atoms with Crippen molar-refractivity contribution in [2.24, 2.45) is 5.73 Å². The minimum atomic E-state index is -4.42. The van der Waals surface area contributed by atoms with Gasteiger partial charge in [-0.2, -0.15) is 0 Å². The molecule has 9 nitrogen and oxygen atoms in total. The zero-order chi connectivity index (χ0) is 61.6. The van der Waals surface area contributed by atoms with E-state index in [-0.39, 0.29) is 32.6 Å². The van der Waals surface area contributed by atoms with E-state index in [1.165, 1.54) is 32.1 Å². The molecule has 0 radical (unpaired) electrons. The van der Waals surface area contributed by atoms with Gasteiger partial charge in [0.25, 0.3) is 0 Å². The molecule has 0 fully saturated rings. The molecule has 0 bridgehead atoms. The third kappa shape index (κ3) is 67.6. The molecular weight excluding hydrogens is 1070 g/mol. The van der Waals surface area contributed by atoms with Gasteiger partial charge in [0.2, 0.25) is 0 Å². The van der Waals surface area contributed by atoms with Gasteiger partial charge in [0, 0.05) is 19.4 Å². The summed E-state index contributed by atoms with van der Waals surface area (Å²) in [6.45, 7) is 3.43. The van der Waals surface area contributed by atoms with Crippen LogP contribution in [0.1, 0.15) is 219 Å². The van der Waals surface area contributed by atoms with Gasteiger partial charge >= 0.3 is 19.8 Å². The van der Waals surface area contributed by atoms with Crippen LogP contribution in [-0.4, -0.2) is 49.3 Å². The molecule has 0 aromatic carbocycles. The van der Waals surface area contributed by atoms with Crippen molar-refractivity contribution in [1.82, 2.24) is 0 Å². The maximum atomic E-state index is 12.7. The second-order valence-corrected chi connectivity index (χ2v) is 22.0. The summed E-state index contributed by atoms with van der Waals surface area (Å²) < 4.78 is 33.1. The van der Waals surface area contributed by atoms with Crippen molar-refractivity contribution < 1.29 is 37.6 Å². The van der Waals surface area contributed by atoms with Crippen LogP contribution in [0, 0.1) is 0 Å². The van der Waals surface area contributed by atoms with E-state index in [9.17, 15) is 19.0 Å². The largest absolute Gasteiger partial charge is 0.472 e. The molecule has 0 aliphatic carbocycles. The first kappa shape index (κ1) is 79.6. The molecule has 0 spiro atoms. The number of unbranched alkanes of at least 4 members (excludes halogenated alkanes) is 11. The highest BCUT2D eigenvalue weighted by Crippen LogP contribution is 2.43. The number of carbonyl (C=O) groups is 2. The van der Waals surface area contributed by atoms with E-state index in [4.69, 9.17) is 24.3 Å². The first-order chi connectivity index (χ1) is 41.8. The molecule has 10 heteroatoms. The van der Waals surface area contributed by atoms with Crippen LogP contribution in [0.4, 0.5) is 0 Å². The highest BCUT2D eigenvalue weighted by molar-refractivity contribution is 7.47. The van der Waals surface area contributed by atoms with Crippen LogP contribution in [0.2, 0.25) is 0 Å². The third-order valence-electron chi connectivity index (χ3n) is 12.7. The average molecular weight is 1190 g/mol. The van der Waals surface area contributed by atoms with Gasteiger partial charge in [-0.05, 0) is 148 Å². The number of rotatable bonds is 58. The second kappa shape index (κ2) is 67.7. The Balaban J connectivity index is 4.12. The number of hydrogen-bond acceptors (Lipinski definition) is 8. The van der Waals surface area contributed by atoms with Crippen LogP contribution in [0.3, 0.4) is 0 Å². The van der Waals surface area contributed by atoms with E-state index < -0.39 is 32.5 Å². The Morgan fingerprint density at radius 1 is 0.353 bits per heavy atom. The predicted molar refractivity (Wildman–Crippen MR) is 366 cm³/mol. The van der Waals surface area contributed by atoms with E-state index >= 15 is 0 Å². The Morgan fingerprint density at radius 2 is 0.612 bits per heavy atom. The minimum Gasteiger partial charge on any atom is -0.462 e. The lowest BCUT2D eigenvalue weighted by molar-refractivity contribution is -0.161. The van der Waals surface area contributed by atoms with Crippen molar-refractivity contribution in [3.8, 4) is 0 Å². The molecule has 0 aliphatic heterocycles. The molecule has 0 aliphatic rings. The molecule has 0 saturated carbocycles. The molecule has 0 saturated heterocycles. The maximum Gasteiger partial charge on any atom is 0.472 e. The molecule has 0 rings (SSSR count). The lowest BCUT2D eigenvalue weighted by Gasteiger charge is -2.19. The molecule has 0 heterocycles. The highest BCUT2D eigenvalue weighted by atomic mass is 31.2. The quantitative estimate of drug-likeness (QED) is 0.0264. The monoisotopic (exact) mass is 1190 g/mol. The molecule has 85 heavy (non-hydrogen) atoms. The Morgan fingerprint density at radius 3 is 0.929 bits per heavy atom. The lowest BCUT2D eigenvalue weighted by atomic mass is 10.1. The molecule has 2 atom stereocenters. The van der Waals surface area contributed by atoms with Crippen molar-refractivity contribution in [2.45, 2.75) is 225 Å². The van der Waals surface area contributed by atoms with E-state index in [2.05, 4.69) is 220 Å². The van der Waals surface area contributed by atoms with Gasteiger partial charge in [-0.3, -0.25) is 18.6 Å². The molecule has 0 aromatic heterocycles. The molecule has 0 amide bonds. The van der Waals surface area contributed by atoms with E-state index in [0.717, 1.165) is 148 Å². The number of hydrogen-bond donors (Lipinski definition) is 2. The fourth-order valence-electron chi connectivity index (χ4n) is 7.94. The fourth-order valence-corrected chi connectivity index (χ4v) is 8.70. The summed E-state index contributed by atoms with van der Waals surface area (Å²) in [4.78, 5) is 35.3. The number of phosphoric acid groups is 1. The van der Waals surface area contributed by atoms with Crippen LogP contribution in [0.5, 0.6) is 0 Å². The summed E-state index contributed by atoms with van der Waals surface area (Å²) in [6, 6.07) is 0. The van der Waals surface area contributed by atoms with Crippen LogP contribution in [0.15, 0.2) is 207 Å². The van der Waals surface area contributed by atoms with Crippen LogP contribution in [0.25, 0.3) is 0 Å². The number of ether oxygens (including phenoxy) is 2. The van der Waals surface area contributed by atoms with E-state index in [1.54, 1.807) is 0 Å². The van der Waals surface area contributed by atoms with Gasteiger partial charge in [-0.1, -0.05) is 265 Å². The van der Waals surface area contributed by atoms with Crippen molar-refractivity contribution in [3.63, 3.8) is 0 Å². The highest BCUT2D eigenvalue weighted by Gasteiger charge is 2.26.